The Hall–Kier alpha value is -1.22. The summed E-state index contributed by atoms with van der Waals surface area (Å²) in [4.78, 5) is 22.4. The molecule has 8 heteroatoms. The smallest absolute Gasteiger partial charge is 0.219 e. The fourth-order valence-corrected chi connectivity index (χ4v) is 3.72. The second kappa shape index (κ2) is 10.4. The second-order valence-corrected chi connectivity index (χ2v) is 7.54. The number of piperazine rings is 1. The van der Waals surface area contributed by atoms with E-state index in [2.05, 4.69) is 26.9 Å². The average molecular weight is 506 g/mol. The molecule has 0 aromatic heterocycles. The first-order chi connectivity index (χ1) is 12.5. The molecule has 0 spiro atoms. The zero-order chi connectivity index (χ0) is 18.5. The molecular weight excluding hydrogens is 477 g/mol. The molecule has 3 rings (SSSR count). The van der Waals surface area contributed by atoms with Gasteiger partial charge in [-0.2, -0.15) is 0 Å². The number of piperidine rings is 1. The maximum absolute atomic E-state index is 11.4. The van der Waals surface area contributed by atoms with Crippen LogP contribution in [0.2, 0.25) is 5.02 Å². The topological polar surface area (TPSA) is 65.2 Å². The SMILES string of the molecule is CC(=O)N1CCC(CN=C(N)N2CCN(c3ccc(Cl)cc3)CC2)CC1.I. The van der Waals surface area contributed by atoms with Gasteiger partial charge in [0.05, 0.1) is 0 Å². The highest BCUT2D eigenvalue weighted by Crippen LogP contribution is 2.20. The van der Waals surface area contributed by atoms with Crippen LogP contribution >= 0.6 is 35.6 Å². The van der Waals surface area contributed by atoms with E-state index in [4.69, 9.17) is 17.3 Å². The molecule has 27 heavy (non-hydrogen) atoms. The second-order valence-electron chi connectivity index (χ2n) is 7.10. The van der Waals surface area contributed by atoms with Gasteiger partial charge in [-0.25, -0.2) is 0 Å². The van der Waals surface area contributed by atoms with Crippen LogP contribution in [0.15, 0.2) is 29.3 Å². The summed E-state index contributed by atoms with van der Waals surface area (Å²) < 4.78 is 0. The van der Waals surface area contributed by atoms with Gasteiger partial charge in [0.15, 0.2) is 5.96 Å². The number of anilines is 1. The van der Waals surface area contributed by atoms with Crippen molar-refractivity contribution in [3.63, 3.8) is 0 Å². The van der Waals surface area contributed by atoms with E-state index in [1.165, 1.54) is 5.69 Å². The third-order valence-corrected chi connectivity index (χ3v) is 5.62. The van der Waals surface area contributed by atoms with Crippen molar-refractivity contribution in [2.45, 2.75) is 19.8 Å². The summed E-state index contributed by atoms with van der Waals surface area (Å²) >= 11 is 5.96. The van der Waals surface area contributed by atoms with Crippen molar-refractivity contribution in [1.82, 2.24) is 9.80 Å². The molecule has 1 amide bonds. The zero-order valence-corrected chi connectivity index (χ0v) is 18.9. The summed E-state index contributed by atoms with van der Waals surface area (Å²) in [5.41, 5.74) is 7.42. The Morgan fingerprint density at radius 2 is 1.67 bits per heavy atom. The Labute approximate surface area is 183 Å². The lowest BCUT2D eigenvalue weighted by atomic mass is 9.97. The molecule has 2 heterocycles. The number of halogens is 2. The molecule has 2 aliphatic rings. The quantitative estimate of drug-likeness (QED) is 0.390. The largest absolute Gasteiger partial charge is 0.370 e. The van der Waals surface area contributed by atoms with Crippen molar-refractivity contribution in [3.8, 4) is 0 Å². The standard InChI is InChI=1S/C19H28ClN5O.HI/c1-15(26)23-8-6-16(7-9-23)14-22-19(21)25-12-10-24(11-13-25)18-4-2-17(20)3-5-18;/h2-5,16H,6-14H2,1H3,(H2,21,22);1H. The van der Waals surface area contributed by atoms with Gasteiger partial charge in [-0.05, 0) is 43.0 Å². The number of guanidine groups is 1. The van der Waals surface area contributed by atoms with Gasteiger partial charge in [0.2, 0.25) is 5.91 Å². The molecular formula is C19H29ClIN5O. The lowest BCUT2D eigenvalue weighted by molar-refractivity contribution is -0.130. The number of amides is 1. The predicted molar refractivity (Wildman–Crippen MR) is 122 cm³/mol. The van der Waals surface area contributed by atoms with Crippen LogP contribution in [-0.4, -0.2) is 67.5 Å². The minimum absolute atomic E-state index is 0. The van der Waals surface area contributed by atoms with Crippen LogP contribution in [0.1, 0.15) is 19.8 Å². The van der Waals surface area contributed by atoms with Crippen LogP contribution in [0.4, 0.5) is 5.69 Å². The molecule has 0 atom stereocenters. The van der Waals surface area contributed by atoms with Crippen molar-refractivity contribution in [2.24, 2.45) is 16.6 Å². The van der Waals surface area contributed by atoms with E-state index >= 15 is 0 Å². The fourth-order valence-electron chi connectivity index (χ4n) is 3.60. The average Bonchev–Trinajstić information content (AvgIpc) is 2.67. The number of hydrogen-bond acceptors (Lipinski definition) is 3. The Kier molecular flexibility index (Phi) is 8.47. The van der Waals surface area contributed by atoms with Crippen LogP contribution < -0.4 is 10.6 Å². The molecule has 0 aliphatic carbocycles. The van der Waals surface area contributed by atoms with Gasteiger partial charge in [0.1, 0.15) is 0 Å². The summed E-state index contributed by atoms with van der Waals surface area (Å²) in [6.07, 6.45) is 2.03. The molecule has 0 saturated carbocycles. The molecule has 0 radical (unpaired) electrons. The number of nitrogens with zero attached hydrogens (tertiary/aromatic N) is 4. The number of rotatable bonds is 3. The summed E-state index contributed by atoms with van der Waals surface area (Å²) in [7, 11) is 0. The Morgan fingerprint density at radius 1 is 1.07 bits per heavy atom. The summed E-state index contributed by atoms with van der Waals surface area (Å²) in [5.74, 6) is 1.35. The fraction of sp³-hybridized carbons (Fsp3) is 0.579. The van der Waals surface area contributed by atoms with Crippen molar-refractivity contribution in [2.75, 3.05) is 50.7 Å². The molecule has 2 fully saturated rings. The minimum Gasteiger partial charge on any atom is -0.370 e. The van der Waals surface area contributed by atoms with Gasteiger partial charge in [0, 0.05) is 63.4 Å². The monoisotopic (exact) mass is 505 g/mol. The number of aliphatic imine (C=N–C) groups is 1. The van der Waals surface area contributed by atoms with Crippen molar-refractivity contribution in [3.05, 3.63) is 29.3 Å². The van der Waals surface area contributed by atoms with Crippen molar-refractivity contribution in [1.29, 1.82) is 0 Å². The molecule has 1 aromatic carbocycles. The van der Waals surface area contributed by atoms with Crippen LogP contribution in [0, 0.1) is 5.92 Å². The lowest BCUT2D eigenvalue weighted by Crippen LogP contribution is -2.51. The Morgan fingerprint density at radius 3 is 2.22 bits per heavy atom. The molecule has 1 aromatic rings. The third kappa shape index (κ3) is 6.14. The van der Waals surface area contributed by atoms with E-state index < -0.39 is 0 Å². The van der Waals surface area contributed by atoms with Gasteiger partial charge in [-0.1, -0.05) is 11.6 Å². The first-order valence-corrected chi connectivity index (χ1v) is 9.71. The first kappa shape index (κ1) is 22.1. The zero-order valence-electron chi connectivity index (χ0n) is 15.8. The van der Waals surface area contributed by atoms with E-state index in [1.54, 1.807) is 6.92 Å². The van der Waals surface area contributed by atoms with Crippen molar-refractivity contribution >= 4 is 53.1 Å². The highest BCUT2D eigenvalue weighted by atomic mass is 127. The van der Waals surface area contributed by atoms with E-state index in [0.29, 0.717) is 11.9 Å². The van der Waals surface area contributed by atoms with E-state index in [1.807, 2.05) is 17.0 Å². The van der Waals surface area contributed by atoms with Gasteiger partial charge in [-0.15, -0.1) is 24.0 Å². The van der Waals surface area contributed by atoms with E-state index in [0.717, 1.165) is 63.7 Å². The number of benzene rings is 1. The van der Waals surface area contributed by atoms with Crippen LogP contribution in [0.25, 0.3) is 0 Å². The number of likely N-dealkylation sites (tertiary alicyclic amines) is 1. The predicted octanol–water partition coefficient (Wildman–Crippen LogP) is 2.65. The molecule has 2 aliphatic heterocycles. The van der Waals surface area contributed by atoms with Crippen LogP contribution in [0.3, 0.4) is 0 Å². The van der Waals surface area contributed by atoms with Crippen molar-refractivity contribution < 1.29 is 4.79 Å². The van der Waals surface area contributed by atoms with E-state index in [9.17, 15) is 4.79 Å². The van der Waals surface area contributed by atoms with Gasteiger partial charge < -0.3 is 20.4 Å². The third-order valence-electron chi connectivity index (χ3n) is 5.37. The number of hydrogen-bond donors (Lipinski definition) is 1. The van der Waals surface area contributed by atoms with E-state index in [-0.39, 0.29) is 29.9 Å². The first-order valence-electron chi connectivity index (χ1n) is 9.34. The molecule has 2 N–H and O–H groups in total. The number of nitrogens with two attached hydrogens (primary N) is 1. The summed E-state index contributed by atoms with van der Waals surface area (Å²) in [6, 6.07) is 7.97. The lowest BCUT2D eigenvalue weighted by Gasteiger charge is -2.37. The highest BCUT2D eigenvalue weighted by Gasteiger charge is 2.22. The summed E-state index contributed by atoms with van der Waals surface area (Å²) in [6.45, 7) is 7.69. The maximum Gasteiger partial charge on any atom is 0.219 e. The Bertz CT molecular complexity index is 638. The minimum atomic E-state index is 0. The van der Waals surface area contributed by atoms with Gasteiger partial charge >= 0.3 is 0 Å². The maximum atomic E-state index is 11.4. The molecule has 2 saturated heterocycles. The molecule has 0 bridgehead atoms. The molecule has 6 nitrogen and oxygen atoms in total. The van der Waals surface area contributed by atoms with Gasteiger partial charge in [0.25, 0.3) is 0 Å². The van der Waals surface area contributed by atoms with Crippen LogP contribution in [-0.2, 0) is 4.79 Å². The Balaban J connectivity index is 0.00000261. The number of carbonyl (C=O) groups is 1. The highest BCUT2D eigenvalue weighted by molar-refractivity contribution is 14.0. The number of carbonyl (C=O) groups excluding carboxylic acids is 1. The normalized spacial score (nSPS) is 19.0. The van der Waals surface area contributed by atoms with Crippen LogP contribution in [0.5, 0.6) is 0 Å². The summed E-state index contributed by atoms with van der Waals surface area (Å²) in [5, 5.41) is 0.762. The van der Waals surface area contributed by atoms with Gasteiger partial charge in [-0.3, -0.25) is 9.79 Å². The molecule has 0 unspecified atom stereocenters. The molecule has 150 valence electrons.